The molecular weight excluding hydrogens is 416 g/mol. The van der Waals surface area contributed by atoms with Gasteiger partial charge >= 0.3 is 0 Å². The molecule has 7 nitrogen and oxygen atoms in total. The molecule has 0 saturated carbocycles. The Balaban J connectivity index is 1.64. The zero-order valence-corrected chi connectivity index (χ0v) is 18.9. The Kier molecular flexibility index (Phi) is 5.04. The zero-order chi connectivity index (χ0) is 23.2. The number of carbonyl (C=O) groups excluding carboxylic acids is 2. The van der Waals surface area contributed by atoms with Crippen molar-refractivity contribution in [3.63, 3.8) is 0 Å². The van der Waals surface area contributed by atoms with Gasteiger partial charge in [0.1, 0.15) is 23.2 Å². The summed E-state index contributed by atoms with van der Waals surface area (Å²) in [4.78, 5) is 26.5. The number of allylic oxidation sites excluding steroid dienone is 2. The number of rotatable bonds is 4. The van der Waals surface area contributed by atoms with E-state index >= 15 is 0 Å². The van der Waals surface area contributed by atoms with Crippen LogP contribution in [0.5, 0.6) is 5.75 Å². The number of nitrogens with one attached hydrogen (secondary N) is 2. The topological polar surface area (TPSA) is 85.2 Å². The number of fused-ring (bicyclic) bond motifs is 1. The lowest BCUT2D eigenvalue weighted by Gasteiger charge is -2.39. The fraction of sp³-hybridized carbons (Fsp3) is 0.269. The van der Waals surface area contributed by atoms with Gasteiger partial charge in [-0.25, -0.2) is 4.68 Å². The van der Waals surface area contributed by atoms with Gasteiger partial charge in [0, 0.05) is 28.9 Å². The fourth-order valence-electron chi connectivity index (χ4n) is 4.78. The van der Waals surface area contributed by atoms with Crippen LogP contribution >= 0.6 is 0 Å². The van der Waals surface area contributed by atoms with Gasteiger partial charge in [-0.15, -0.1) is 0 Å². The van der Waals surface area contributed by atoms with E-state index in [-0.39, 0.29) is 17.1 Å². The maximum Gasteiger partial charge on any atom is 0.261 e. The quantitative estimate of drug-likeness (QED) is 0.606. The second-order valence-corrected chi connectivity index (χ2v) is 9.27. The summed E-state index contributed by atoms with van der Waals surface area (Å²) in [6.07, 6.45) is 2.71. The van der Waals surface area contributed by atoms with Crippen molar-refractivity contribution >= 4 is 23.2 Å². The van der Waals surface area contributed by atoms with Gasteiger partial charge < -0.3 is 15.4 Å². The van der Waals surface area contributed by atoms with Crippen LogP contribution in [0.2, 0.25) is 0 Å². The average Bonchev–Trinajstić information content (AvgIpc) is 3.21. The molecule has 1 aliphatic carbocycles. The van der Waals surface area contributed by atoms with E-state index in [2.05, 4.69) is 29.6 Å². The van der Waals surface area contributed by atoms with Crippen LogP contribution in [0, 0.1) is 5.41 Å². The van der Waals surface area contributed by atoms with E-state index in [0.29, 0.717) is 41.2 Å². The van der Waals surface area contributed by atoms with Crippen LogP contribution in [0.15, 0.2) is 72.1 Å². The first-order chi connectivity index (χ1) is 15.9. The van der Waals surface area contributed by atoms with Crippen LogP contribution in [-0.2, 0) is 4.79 Å². The monoisotopic (exact) mass is 442 g/mol. The molecule has 1 atom stereocenters. The highest BCUT2D eigenvalue weighted by atomic mass is 16.5. The summed E-state index contributed by atoms with van der Waals surface area (Å²) in [6.45, 7) is 4.17. The first kappa shape index (κ1) is 21.0. The van der Waals surface area contributed by atoms with Crippen molar-refractivity contribution < 1.29 is 14.3 Å². The highest BCUT2D eigenvalue weighted by Gasteiger charge is 2.43. The number of ether oxygens (including phenoxy) is 1. The molecule has 33 heavy (non-hydrogen) atoms. The number of amides is 1. The van der Waals surface area contributed by atoms with Gasteiger partial charge in [-0.1, -0.05) is 50.2 Å². The molecular formula is C26H26N4O3. The highest BCUT2D eigenvalue weighted by molar-refractivity contribution is 6.08. The number of hydrogen-bond donors (Lipinski definition) is 2. The Morgan fingerprint density at radius 3 is 2.61 bits per heavy atom. The van der Waals surface area contributed by atoms with Crippen molar-refractivity contribution in [3.05, 3.63) is 83.2 Å². The van der Waals surface area contributed by atoms with E-state index in [1.807, 2.05) is 54.6 Å². The molecule has 0 bridgehead atoms. The predicted octanol–water partition coefficient (Wildman–Crippen LogP) is 4.80. The Morgan fingerprint density at radius 1 is 1.12 bits per heavy atom. The average molecular weight is 443 g/mol. The summed E-state index contributed by atoms with van der Waals surface area (Å²) in [5.74, 6) is 1.06. The fourth-order valence-corrected chi connectivity index (χ4v) is 4.78. The van der Waals surface area contributed by atoms with Crippen LogP contribution < -0.4 is 15.4 Å². The van der Waals surface area contributed by atoms with Crippen LogP contribution in [0.25, 0.3) is 0 Å². The zero-order valence-electron chi connectivity index (χ0n) is 18.9. The number of ketones is 1. The summed E-state index contributed by atoms with van der Waals surface area (Å²) in [5.41, 5.74) is 3.30. The standard InChI is InChI=1S/C26H26N4O3/c1-26(2)13-19-22(20(31)14-26)23(17-11-7-8-12-21(17)33-3)30-24(29-19)18(15-27-30)25(32)28-16-9-5-4-6-10-16/h4-12,15,23,29H,13-14H2,1-3H3,(H,28,32)/t23-/m0/s1. The van der Waals surface area contributed by atoms with E-state index in [1.165, 1.54) is 0 Å². The minimum atomic E-state index is -0.478. The van der Waals surface area contributed by atoms with Crippen LogP contribution in [-0.4, -0.2) is 28.6 Å². The molecule has 168 valence electrons. The molecule has 2 aromatic carbocycles. The molecule has 7 heteroatoms. The Labute approximate surface area is 192 Å². The number of anilines is 2. The lowest BCUT2D eigenvalue weighted by Crippen LogP contribution is -2.37. The van der Waals surface area contributed by atoms with Gasteiger partial charge in [0.25, 0.3) is 5.91 Å². The van der Waals surface area contributed by atoms with Gasteiger partial charge in [0.2, 0.25) is 0 Å². The number of methoxy groups -OCH3 is 1. The molecule has 5 rings (SSSR count). The summed E-state index contributed by atoms with van der Waals surface area (Å²) in [7, 11) is 1.61. The van der Waals surface area contributed by atoms with E-state index < -0.39 is 6.04 Å². The van der Waals surface area contributed by atoms with Crippen molar-refractivity contribution in [3.8, 4) is 5.75 Å². The van der Waals surface area contributed by atoms with Crippen molar-refractivity contribution in [2.75, 3.05) is 17.7 Å². The number of nitrogens with zero attached hydrogens (tertiary/aromatic N) is 2. The van der Waals surface area contributed by atoms with E-state index in [1.54, 1.807) is 18.0 Å². The number of aromatic nitrogens is 2. The smallest absolute Gasteiger partial charge is 0.261 e. The molecule has 0 radical (unpaired) electrons. The minimum absolute atomic E-state index is 0.0843. The lowest BCUT2D eigenvalue weighted by atomic mass is 9.73. The van der Waals surface area contributed by atoms with Gasteiger partial charge in [0.15, 0.2) is 5.78 Å². The van der Waals surface area contributed by atoms with Gasteiger partial charge in [-0.3, -0.25) is 9.59 Å². The minimum Gasteiger partial charge on any atom is -0.496 e. The van der Waals surface area contributed by atoms with E-state index in [9.17, 15) is 9.59 Å². The maximum absolute atomic E-state index is 13.4. The third-order valence-electron chi connectivity index (χ3n) is 6.21. The third-order valence-corrected chi connectivity index (χ3v) is 6.21. The molecule has 2 heterocycles. The first-order valence-corrected chi connectivity index (χ1v) is 11.0. The van der Waals surface area contributed by atoms with E-state index in [4.69, 9.17) is 4.74 Å². The Morgan fingerprint density at radius 2 is 1.85 bits per heavy atom. The Hall–Kier alpha value is -3.87. The normalized spacial score (nSPS) is 18.8. The number of para-hydroxylation sites is 2. The predicted molar refractivity (Wildman–Crippen MR) is 126 cm³/mol. The second kappa shape index (κ2) is 7.92. The number of carbonyl (C=O) groups is 2. The lowest BCUT2D eigenvalue weighted by molar-refractivity contribution is -0.118. The number of benzene rings is 2. The molecule has 0 saturated heterocycles. The molecule has 1 aromatic heterocycles. The van der Waals surface area contributed by atoms with E-state index in [0.717, 1.165) is 11.3 Å². The Bertz CT molecular complexity index is 1270. The first-order valence-electron chi connectivity index (χ1n) is 11.0. The largest absolute Gasteiger partial charge is 0.496 e. The molecule has 1 amide bonds. The summed E-state index contributed by atoms with van der Waals surface area (Å²) >= 11 is 0. The van der Waals surface area contributed by atoms with Crippen molar-refractivity contribution in [1.29, 1.82) is 0 Å². The molecule has 2 aliphatic rings. The SMILES string of the molecule is COc1ccccc1[C@H]1C2=C(CC(C)(C)CC2=O)Nc2c(C(=O)Nc3ccccc3)cnn21. The van der Waals surface area contributed by atoms with Gasteiger partial charge in [-0.2, -0.15) is 5.10 Å². The summed E-state index contributed by atoms with van der Waals surface area (Å²) < 4.78 is 7.36. The van der Waals surface area contributed by atoms with Crippen molar-refractivity contribution in [2.45, 2.75) is 32.7 Å². The molecule has 0 spiro atoms. The molecule has 0 unspecified atom stereocenters. The second-order valence-electron chi connectivity index (χ2n) is 9.27. The number of hydrogen-bond acceptors (Lipinski definition) is 5. The van der Waals surface area contributed by atoms with Gasteiger partial charge in [-0.05, 0) is 30.0 Å². The molecule has 3 aromatic rings. The van der Waals surface area contributed by atoms with Crippen LogP contribution in [0.1, 0.15) is 48.7 Å². The van der Waals surface area contributed by atoms with Crippen LogP contribution in [0.3, 0.4) is 0 Å². The highest BCUT2D eigenvalue weighted by Crippen LogP contribution is 2.47. The third kappa shape index (κ3) is 3.69. The summed E-state index contributed by atoms with van der Waals surface area (Å²) in [5, 5.41) is 10.9. The molecule has 0 fully saturated rings. The van der Waals surface area contributed by atoms with Crippen molar-refractivity contribution in [1.82, 2.24) is 9.78 Å². The summed E-state index contributed by atoms with van der Waals surface area (Å²) in [6, 6.07) is 16.5. The maximum atomic E-state index is 13.4. The van der Waals surface area contributed by atoms with Crippen LogP contribution in [0.4, 0.5) is 11.5 Å². The van der Waals surface area contributed by atoms with Gasteiger partial charge in [0.05, 0.1) is 13.3 Å². The molecule has 1 aliphatic heterocycles. The molecule has 2 N–H and O–H groups in total. The van der Waals surface area contributed by atoms with Crippen molar-refractivity contribution in [2.24, 2.45) is 5.41 Å². The number of Topliss-reactive ketones (excluding diaryl/α,β-unsaturated/α-hetero) is 1.